The van der Waals surface area contributed by atoms with Crippen LogP contribution in [0.1, 0.15) is 5.56 Å². The molecule has 100 valence electrons. The Morgan fingerprint density at radius 3 is 2.58 bits per heavy atom. The molecule has 19 heavy (non-hydrogen) atoms. The molecule has 0 unspecified atom stereocenters. The van der Waals surface area contributed by atoms with Crippen molar-refractivity contribution in [3.63, 3.8) is 0 Å². The molecule has 0 saturated carbocycles. The maximum atomic E-state index is 9.59. The second kappa shape index (κ2) is 6.25. The van der Waals surface area contributed by atoms with Gasteiger partial charge >= 0.3 is 0 Å². The number of hydrogen-bond acceptors (Lipinski definition) is 3. The molecule has 0 heterocycles. The lowest BCUT2D eigenvalue weighted by Gasteiger charge is -2.12. The fourth-order valence-corrected chi connectivity index (χ4v) is 1.89. The molecule has 0 aliphatic rings. The van der Waals surface area contributed by atoms with Crippen LogP contribution in [0.25, 0.3) is 11.1 Å². The van der Waals surface area contributed by atoms with E-state index >= 15 is 0 Å². The second-order valence-electron chi connectivity index (χ2n) is 4.34. The number of aryl methyl sites for hydroxylation is 1. The van der Waals surface area contributed by atoms with E-state index in [0.29, 0.717) is 19.0 Å². The molecule has 0 atom stereocenters. The number of aromatic hydroxyl groups is 1. The van der Waals surface area contributed by atoms with Gasteiger partial charge in [0.15, 0.2) is 0 Å². The summed E-state index contributed by atoms with van der Waals surface area (Å²) < 4.78 is 10.7. The van der Waals surface area contributed by atoms with Gasteiger partial charge in [0.2, 0.25) is 0 Å². The van der Waals surface area contributed by atoms with Crippen molar-refractivity contribution in [1.82, 2.24) is 0 Å². The van der Waals surface area contributed by atoms with Gasteiger partial charge in [0.25, 0.3) is 0 Å². The molecule has 0 aliphatic heterocycles. The summed E-state index contributed by atoms with van der Waals surface area (Å²) in [4.78, 5) is 0. The lowest BCUT2D eigenvalue weighted by Crippen LogP contribution is -2.04. The quantitative estimate of drug-likeness (QED) is 0.835. The first-order valence-electron chi connectivity index (χ1n) is 6.23. The van der Waals surface area contributed by atoms with Crippen LogP contribution < -0.4 is 4.74 Å². The van der Waals surface area contributed by atoms with Crippen LogP contribution in [0, 0.1) is 6.92 Å². The van der Waals surface area contributed by atoms with E-state index < -0.39 is 0 Å². The third-order valence-electron chi connectivity index (χ3n) is 2.94. The number of para-hydroxylation sites is 1. The number of phenolic OH excluding ortho intramolecular Hbond substituents is 1. The van der Waals surface area contributed by atoms with Gasteiger partial charge in [0.05, 0.1) is 6.61 Å². The molecular formula is C16H18O3. The van der Waals surface area contributed by atoms with Crippen molar-refractivity contribution in [3.05, 3.63) is 48.0 Å². The number of hydrogen-bond donors (Lipinski definition) is 1. The zero-order chi connectivity index (χ0) is 13.7. The summed E-state index contributed by atoms with van der Waals surface area (Å²) in [6, 6.07) is 13.4. The minimum atomic E-state index is 0.307. The molecule has 0 amide bonds. The van der Waals surface area contributed by atoms with E-state index in [2.05, 4.69) is 0 Å². The van der Waals surface area contributed by atoms with Crippen LogP contribution in [0.5, 0.6) is 11.5 Å². The zero-order valence-corrected chi connectivity index (χ0v) is 11.2. The predicted octanol–water partition coefficient (Wildman–Crippen LogP) is 3.39. The monoisotopic (exact) mass is 258 g/mol. The number of ether oxygens (including phenoxy) is 2. The number of rotatable bonds is 5. The molecular weight excluding hydrogens is 240 g/mol. The summed E-state index contributed by atoms with van der Waals surface area (Å²) in [5.41, 5.74) is 2.90. The molecule has 2 aromatic rings. The maximum Gasteiger partial charge on any atom is 0.127 e. The zero-order valence-electron chi connectivity index (χ0n) is 11.2. The lowest BCUT2D eigenvalue weighted by atomic mass is 10.0. The standard InChI is InChI=1S/C16H18O3/c1-12-11-13(7-8-15(12)17)14-5-3-4-6-16(14)19-10-9-18-2/h3-8,11,17H,9-10H2,1-2H3. The number of methoxy groups -OCH3 is 1. The van der Waals surface area contributed by atoms with Crippen molar-refractivity contribution >= 4 is 0 Å². The van der Waals surface area contributed by atoms with Crippen LogP contribution in [0.2, 0.25) is 0 Å². The van der Waals surface area contributed by atoms with Crippen molar-refractivity contribution in [1.29, 1.82) is 0 Å². The summed E-state index contributed by atoms with van der Waals surface area (Å²) >= 11 is 0. The average molecular weight is 258 g/mol. The molecule has 0 aromatic heterocycles. The smallest absolute Gasteiger partial charge is 0.127 e. The van der Waals surface area contributed by atoms with Crippen LogP contribution in [0.3, 0.4) is 0 Å². The first kappa shape index (κ1) is 13.4. The van der Waals surface area contributed by atoms with Gasteiger partial charge in [-0.1, -0.05) is 24.3 Å². The van der Waals surface area contributed by atoms with E-state index in [4.69, 9.17) is 9.47 Å². The third kappa shape index (κ3) is 3.26. The van der Waals surface area contributed by atoms with Crippen molar-refractivity contribution < 1.29 is 14.6 Å². The maximum absolute atomic E-state index is 9.59. The molecule has 0 saturated heterocycles. The highest BCUT2D eigenvalue weighted by molar-refractivity contribution is 5.71. The summed E-state index contributed by atoms with van der Waals surface area (Å²) in [6.07, 6.45) is 0. The van der Waals surface area contributed by atoms with Gasteiger partial charge in [-0.15, -0.1) is 0 Å². The Bertz CT molecular complexity index is 549. The van der Waals surface area contributed by atoms with Gasteiger partial charge in [-0.25, -0.2) is 0 Å². The molecule has 0 spiro atoms. The predicted molar refractivity (Wildman–Crippen MR) is 75.7 cm³/mol. The Balaban J connectivity index is 2.30. The Kier molecular flexibility index (Phi) is 4.42. The summed E-state index contributed by atoms with van der Waals surface area (Å²) in [7, 11) is 1.65. The van der Waals surface area contributed by atoms with Gasteiger partial charge in [-0.2, -0.15) is 0 Å². The highest BCUT2D eigenvalue weighted by Gasteiger charge is 2.07. The van der Waals surface area contributed by atoms with E-state index in [-0.39, 0.29) is 0 Å². The van der Waals surface area contributed by atoms with Crippen molar-refractivity contribution in [2.75, 3.05) is 20.3 Å². The Morgan fingerprint density at radius 1 is 1.05 bits per heavy atom. The molecule has 2 rings (SSSR count). The molecule has 0 radical (unpaired) electrons. The van der Waals surface area contributed by atoms with E-state index in [9.17, 15) is 5.11 Å². The minimum absolute atomic E-state index is 0.307. The highest BCUT2D eigenvalue weighted by atomic mass is 16.5. The van der Waals surface area contributed by atoms with Gasteiger partial charge < -0.3 is 14.6 Å². The lowest BCUT2D eigenvalue weighted by molar-refractivity contribution is 0.146. The first-order valence-corrected chi connectivity index (χ1v) is 6.23. The first-order chi connectivity index (χ1) is 9.22. The third-order valence-corrected chi connectivity index (χ3v) is 2.94. The highest BCUT2D eigenvalue weighted by Crippen LogP contribution is 2.32. The van der Waals surface area contributed by atoms with Gasteiger partial charge in [0, 0.05) is 12.7 Å². The Labute approximate surface area is 113 Å². The van der Waals surface area contributed by atoms with Crippen LogP contribution >= 0.6 is 0 Å². The number of phenols is 1. The minimum Gasteiger partial charge on any atom is -0.508 e. The van der Waals surface area contributed by atoms with Crippen molar-refractivity contribution in [2.24, 2.45) is 0 Å². The average Bonchev–Trinajstić information content (AvgIpc) is 2.43. The van der Waals surface area contributed by atoms with Crippen molar-refractivity contribution in [3.8, 4) is 22.6 Å². The second-order valence-corrected chi connectivity index (χ2v) is 4.34. The van der Waals surface area contributed by atoms with E-state index in [1.54, 1.807) is 13.2 Å². The molecule has 1 N–H and O–H groups in total. The molecule has 0 bridgehead atoms. The molecule has 0 fully saturated rings. The molecule has 3 nitrogen and oxygen atoms in total. The molecule has 0 aliphatic carbocycles. The van der Waals surface area contributed by atoms with Gasteiger partial charge in [-0.05, 0) is 36.2 Å². The van der Waals surface area contributed by atoms with Crippen molar-refractivity contribution in [2.45, 2.75) is 6.92 Å². The SMILES string of the molecule is COCCOc1ccccc1-c1ccc(O)c(C)c1. The van der Waals surface area contributed by atoms with Crippen LogP contribution in [-0.4, -0.2) is 25.4 Å². The molecule has 3 heteroatoms. The molecule has 2 aromatic carbocycles. The van der Waals surface area contributed by atoms with E-state index in [1.165, 1.54) is 0 Å². The van der Waals surface area contributed by atoms with E-state index in [0.717, 1.165) is 22.4 Å². The van der Waals surface area contributed by atoms with Crippen LogP contribution in [0.4, 0.5) is 0 Å². The fraction of sp³-hybridized carbons (Fsp3) is 0.250. The largest absolute Gasteiger partial charge is 0.508 e. The number of benzene rings is 2. The fourth-order valence-electron chi connectivity index (χ4n) is 1.89. The summed E-state index contributed by atoms with van der Waals surface area (Å²) in [5, 5.41) is 9.59. The summed E-state index contributed by atoms with van der Waals surface area (Å²) in [5.74, 6) is 1.13. The van der Waals surface area contributed by atoms with Gasteiger partial charge in [0.1, 0.15) is 18.1 Å². The van der Waals surface area contributed by atoms with E-state index in [1.807, 2.05) is 43.3 Å². The van der Waals surface area contributed by atoms with Gasteiger partial charge in [-0.3, -0.25) is 0 Å². The Hall–Kier alpha value is -2.00. The summed E-state index contributed by atoms with van der Waals surface area (Å²) in [6.45, 7) is 2.96. The Morgan fingerprint density at radius 2 is 1.84 bits per heavy atom. The van der Waals surface area contributed by atoms with Crippen LogP contribution in [-0.2, 0) is 4.74 Å². The topological polar surface area (TPSA) is 38.7 Å². The van der Waals surface area contributed by atoms with Crippen LogP contribution in [0.15, 0.2) is 42.5 Å². The normalized spacial score (nSPS) is 10.4.